The second-order valence-corrected chi connectivity index (χ2v) is 13.1. The molecule has 0 aromatic rings. The summed E-state index contributed by atoms with van der Waals surface area (Å²) in [6, 6.07) is 0. The zero-order valence-electron chi connectivity index (χ0n) is 20.0. The molecule has 1 spiro atoms. The molecule has 5 fully saturated rings. The Kier molecular flexibility index (Phi) is 4.69. The molecule has 0 amide bonds. The lowest BCUT2D eigenvalue weighted by Crippen LogP contribution is -2.56. The normalized spacial score (nSPS) is 55.3. The summed E-state index contributed by atoms with van der Waals surface area (Å²) in [6.45, 7) is 14.8. The van der Waals surface area contributed by atoms with Gasteiger partial charge in [0.2, 0.25) is 0 Å². The number of fused-ring (bicyclic) bond motifs is 4. The average molecular weight is 399 g/mol. The zero-order chi connectivity index (χ0) is 20.8. The van der Waals surface area contributed by atoms with Crippen molar-refractivity contribution >= 4 is 0 Å². The fourth-order valence-electron chi connectivity index (χ4n) is 9.92. The molecule has 0 aromatic heterocycles. The van der Waals surface area contributed by atoms with Gasteiger partial charge in [-0.05, 0) is 110 Å². The van der Waals surface area contributed by atoms with Gasteiger partial charge < -0.3 is 5.11 Å². The van der Waals surface area contributed by atoms with Gasteiger partial charge in [-0.3, -0.25) is 0 Å². The van der Waals surface area contributed by atoms with Crippen molar-refractivity contribution in [2.45, 2.75) is 99.0 Å². The van der Waals surface area contributed by atoms with Crippen LogP contribution in [0, 0.1) is 63.6 Å². The van der Waals surface area contributed by atoms with Gasteiger partial charge in [-0.2, -0.15) is 0 Å². The number of aliphatic hydroxyl groups is 1. The van der Waals surface area contributed by atoms with Crippen molar-refractivity contribution in [1.82, 2.24) is 0 Å². The van der Waals surface area contributed by atoms with Gasteiger partial charge in [-0.15, -0.1) is 0 Å². The largest absolute Gasteiger partial charge is 0.393 e. The molecule has 11 atom stereocenters. The third-order valence-electron chi connectivity index (χ3n) is 12.1. The summed E-state index contributed by atoms with van der Waals surface area (Å²) >= 11 is 0. The summed E-state index contributed by atoms with van der Waals surface area (Å²) in [7, 11) is 0. The van der Waals surface area contributed by atoms with Crippen LogP contribution in [0.15, 0.2) is 12.2 Å². The van der Waals surface area contributed by atoms with E-state index in [0.717, 1.165) is 41.9 Å². The van der Waals surface area contributed by atoms with Crippen LogP contribution in [0.25, 0.3) is 0 Å². The summed E-state index contributed by atoms with van der Waals surface area (Å²) in [5, 5.41) is 11.3. The van der Waals surface area contributed by atoms with Crippen LogP contribution >= 0.6 is 0 Å². The average Bonchev–Trinajstić information content (AvgIpc) is 3.20. The van der Waals surface area contributed by atoms with E-state index in [-0.39, 0.29) is 6.10 Å². The van der Waals surface area contributed by atoms with E-state index in [2.05, 4.69) is 53.7 Å². The predicted molar refractivity (Wildman–Crippen MR) is 121 cm³/mol. The maximum atomic E-state index is 11.3. The third-order valence-corrected chi connectivity index (χ3v) is 12.1. The Morgan fingerprint density at radius 3 is 2.34 bits per heavy atom. The minimum absolute atomic E-state index is 0.00754. The molecule has 5 aliphatic rings. The molecule has 1 N–H and O–H groups in total. The van der Waals surface area contributed by atoms with Crippen LogP contribution in [0.3, 0.4) is 0 Å². The lowest BCUT2D eigenvalue weighted by Gasteiger charge is -2.60. The molecule has 5 rings (SSSR count). The topological polar surface area (TPSA) is 20.2 Å². The first-order valence-corrected chi connectivity index (χ1v) is 13.0. The van der Waals surface area contributed by atoms with Crippen LogP contribution in [0.4, 0.5) is 0 Å². The Hall–Kier alpha value is -0.300. The first-order valence-electron chi connectivity index (χ1n) is 13.0. The molecule has 0 aromatic carbocycles. The van der Waals surface area contributed by atoms with Crippen molar-refractivity contribution in [3.05, 3.63) is 12.2 Å². The number of hydrogen-bond acceptors (Lipinski definition) is 1. The Labute approximate surface area is 180 Å². The maximum Gasteiger partial charge on any atom is 0.0607 e. The molecule has 164 valence electrons. The van der Waals surface area contributed by atoms with Crippen molar-refractivity contribution < 1.29 is 5.11 Å². The highest BCUT2D eigenvalue weighted by Crippen LogP contribution is 2.81. The second-order valence-electron chi connectivity index (χ2n) is 13.1. The molecule has 0 radical (unpaired) electrons. The number of allylic oxidation sites excluding steroid dienone is 2. The number of rotatable bonds is 4. The van der Waals surface area contributed by atoms with Crippen molar-refractivity contribution in [3.63, 3.8) is 0 Å². The molecule has 29 heavy (non-hydrogen) atoms. The van der Waals surface area contributed by atoms with Gasteiger partial charge in [-0.25, -0.2) is 0 Å². The fourth-order valence-corrected chi connectivity index (χ4v) is 9.92. The van der Waals surface area contributed by atoms with Crippen LogP contribution < -0.4 is 0 Å². The Morgan fingerprint density at radius 2 is 1.66 bits per heavy atom. The Bertz CT molecular complexity index is 680. The molecule has 0 aliphatic heterocycles. The van der Waals surface area contributed by atoms with E-state index in [1.54, 1.807) is 0 Å². The molecule has 5 aliphatic carbocycles. The Balaban J connectivity index is 1.37. The Morgan fingerprint density at radius 1 is 0.897 bits per heavy atom. The lowest BCUT2D eigenvalue weighted by atomic mass is 9.45. The molecule has 2 unspecified atom stereocenters. The van der Waals surface area contributed by atoms with Crippen molar-refractivity contribution in [1.29, 1.82) is 0 Å². The molecule has 0 heterocycles. The van der Waals surface area contributed by atoms with Crippen molar-refractivity contribution in [2.24, 2.45) is 63.6 Å². The number of hydrogen-bond donors (Lipinski definition) is 1. The number of aliphatic hydroxyl groups excluding tert-OH is 1. The minimum Gasteiger partial charge on any atom is -0.393 e. The van der Waals surface area contributed by atoms with Gasteiger partial charge >= 0.3 is 0 Å². The minimum atomic E-state index is -0.00754. The van der Waals surface area contributed by atoms with Gasteiger partial charge in [0.25, 0.3) is 0 Å². The molecular weight excluding hydrogens is 352 g/mol. The van der Waals surface area contributed by atoms with Crippen molar-refractivity contribution in [3.8, 4) is 0 Å². The molecule has 5 saturated carbocycles. The van der Waals surface area contributed by atoms with Gasteiger partial charge in [0.1, 0.15) is 0 Å². The lowest BCUT2D eigenvalue weighted by molar-refractivity contribution is -0.151. The fraction of sp³-hybridized carbons (Fsp3) is 0.929. The highest BCUT2D eigenvalue weighted by Gasteiger charge is 2.77. The molecule has 0 saturated heterocycles. The summed E-state index contributed by atoms with van der Waals surface area (Å²) in [6.07, 6.45) is 16.0. The van der Waals surface area contributed by atoms with E-state index in [9.17, 15) is 5.11 Å². The smallest absolute Gasteiger partial charge is 0.0607 e. The van der Waals surface area contributed by atoms with Crippen LogP contribution in [0.1, 0.15) is 92.9 Å². The van der Waals surface area contributed by atoms with Gasteiger partial charge in [0.05, 0.1) is 6.10 Å². The van der Waals surface area contributed by atoms with E-state index < -0.39 is 0 Å². The molecule has 0 bridgehead atoms. The van der Waals surface area contributed by atoms with Gasteiger partial charge in [-0.1, -0.05) is 53.7 Å². The second kappa shape index (κ2) is 6.60. The van der Waals surface area contributed by atoms with Gasteiger partial charge in [0.15, 0.2) is 0 Å². The van der Waals surface area contributed by atoms with E-state index in [4.69, 9.17) is 0 Å². The standard InChI is InChI=1S/C28H46O/c1-17(2)18(3)7-8-19(4)22-9-10-23-21-15-25(29)28-16-20(28)11-14-27(28,6)24(21)12-13-26(22,23)5/h7-8,17-25,29H,9-16H2,1-6H3/b8-7+/t18-,19+,20?,21-,22+,23-,24-,25+,26+,27+,28?/m0/s1. The highest BCUT2D eigenvalue weighted by molar-refractivity contribution is 5.25. The zero-order valence-corrected chi connectivity index (χ0v) is 20.0. The molecule has 1 nitrogen and oxygen atoms in total. The predicted octanol–water partition coefficient (Wildman–Crippen LogP) is 7.10. The van der Waals surface area contributed by atoms with Gasteiger partial charge in [0, 0.05) is 5.41 Å². The third kappa shape index (κ3) is 2.61. The van der Waals surface area contributed by atoms with E-state index in [1.165, 1.54) is 44.9 Å². The summed E-state index contributed by atoms with van der Waals surface area (Å²) in [5.41, 5.74) is 1.27. The van der Waals surface area contributed by atoms with Crippen LogP contribution in [-0.4, -0.2) is 11.2 Å². The van der Waals surface area contributed by atoms with Crippen molar-refractivity contribution in [2.75, 3.05) is 0 Å². The van der Waals surface area contributed by atoms with E-state index in [0.29, 0.717) is 28.1 Å². The monoisotopic (exact) mass is 398 g/mol. The summed E-state index contributed by atoms with van der Waals surface area (Å²) in [5.74, 6) is 6.33. The first-order chi connectivity index (χ1) is 13.6. The quantitative estimate of drug-likeness (QED) is 0.501. The maximum absolute atomic E-state index is 11.3. The SMILES string of the molecule is CC(C)[C@@H](C)/C=C/[C@@H](C)[C@H]1CC[C@H]2[C@@H]3C[C@@H](O)C45CC4CC[C@]5(C)[C@H]3CC[C@]12C. The summed E-state index contributed by atoms with van der Waals surface area (Å²) < 4.78 is 0. The molecular formula is C28H46O. The highest BCUT2D eigenvalue weighted by atomic mass is 16.3. The molecule has 1 heteroatoms. The first kappa shape index (κ1) is 20.6. The summed E-state index contributed by atoms with van der Waals surface area (Å²) in [4.78, 5) is 0. The van der Waals surface area contributed by atoms with E-state index >= 15 is 0 Å². The van der Waals surface area contributed by atoms with E-state index in [1.807, 2.05) is 0 Å². The van der Waals surface area contributed by atoms with Crippen LogP contribution in [0.5, 0.6) is 0 Å². The van der Waals surface area contributed by atoms with Crippen LogP contribution in [-0.2, 0) is 0 Å². The van der Waals surface area contributed by atoms with Crippen LogP contribution in [0.2, 0.25) is 0 Å².